The molecule has 0 spiro atoms. The smallest absolute Gasteiger partial charge is 0.251 e. The van der Waals surface area contributed by atoms with Gasteiger partial charge < -0.3 is 10.6 Å². The number of aromatic nitrogens is 1. The molecule has 1 saturated heterocycles. The molecule has 1 aliphatic heterocycles. The van der Waals surface area contributed by atoms with Gasteiger partial charge >= 0.3 is 0 Å². The van der Waals surface area contributed by atoms with Crippen molar-refractivity contribution in [2.24, 2.45) is 0 Å². The molecule has 1 aromatic heterocycles. The molecule has 1 aliphatic rings. The van der Waals surface area contributed by atoms with Crippen molar-refractivity contribution in [2.45, 2.75) is 19.1 Å². The molecule has 2 rings (SSSR count). The molecule has 1 atom stereocenters. The number of nitrogens with zero attached hydrogens (tertiary/aromatic N) is 1. The average molecular weight is 311 g/mol. The Labute approximate surface area is 128 Å². The molecule has 0 saturated carbocycles. The summed E-state index contributed by atoms with van der Waals surface area (Å²) >= 11 is 3.92. The van der Waals surface area contributed by atoms with Gasteiger partial charge in [-0.05, 0) is 26.0 Å². The Hall–Kier alpha value is -0.880. The lowest BCUT2D eigenvalue weighted by atomic mass is 10.2. The second-order valence-electron chi connectivity index (χ2n) is 4.69. The van der Waals surface area contributed by atoms with E-state index in [1.807, 2.05) is 49.5 Å². The molecule has 6 heteroatoms. The topological polar surface area (TPSA) is 54.0 Å². The Morgan fingerprint density at radius 1 is 1.45 bits per heavy atom. The number of thioether (sulfide) groups is 2. The van der Waals surface area contributed by atoms with E-state index in [9.17, 15) is 4.79 Å². The van der Waals surface area contributed by atoms with E-state index < -0.39 is 0 Å². The van der Waals surface area contributed by atoms with Crippen LogP contribution in [0, 0.1) is 6.92 Å². The highest BCUT2D eigenvalue weighted by atomic mass is 32.2. The molecular formula is C14H21N3OS2. The van der Waals surface area contributed by atoms with Crippen LogP contribution in [-0.2, 0) is 0 Å². The number of aryl methyl sites for hydroxylation is 1. The molecule has 1 aromatic rings. The van der Waals surface area contributed by atoms with E-state index in [2.05, 4.69) is 15.6 Å². The highest BCUT2D eigenvalue weighted by molar-refractivity contribution is 8.06. The maximum atomic E-state index is 12.2. The maximum Gasteiger partial charge on any atom is 0.251 e. The Kier molecular flexibility index (Phi) is 6.04. The Balaban J connectivity index is 1.93. The van der Waals surface area contributed by atoms with Crippen molar-refractivity contribution in [1.29, 1.82) is 0 Å². The fraction of sp³-hybridized carbons (Fsp3) is 0.571. The molecule has 110 valence electrons. The molecule has 20 heavy (non-hydrogen) atoms. The van der Waals surface area contributed by atoms with Gasteiger partial charge in [-0.1, -0.05) is 0 Å². The van der Waals surface area contributed by atoms with Gasteiger partial charge in [-0.2, -0.15) is 23.5 Å². The third kappa shape index (κ3) is 4.59. The molecule has 0 aromatic carbocycles. The number of hydrogen-bond donors (Lipinski definition) is 2. The number of pyridine rings is 1. The lowest BCUT2D eigenvalue weighted by molar-refractivity contribution is 0.0954. The summed E-state index contributed by atoms with van der Waals surface area (Å²) in [5.41, 5.74) is 1.54. The Morgan fingerprint density at radius 2 is 2.30 bits per heavy atom. The summed E-state index contributed by atoms with van der Waals surface area (Å²) in [4.78, 5) is 16.6. The molecule has 2 N–H and O–H groups in total. The van der Waals surface area contributed by atoms with Gasteiger partial charge in [-0.25, -0.2) is 4.98 Å². The Morgan fingerprint density at radius 3 is 3.00 bits per heavy atom. The van der Waals surface area contributed by atoms with Gasteiger partial charge in [0.15, 0.2) is 0 Å². The molecule has 2 heterocycles. The van der Waals surface area contributed by atoms with E-state index in [4.69, 9.17) is 0 Å². The molecule has 0 radical (unpaired) electrons. The number of rotatable bonds is 5. The van der Waals surface area contributed by atoms with E-state index in [1.54, 1.807) is 0 Å². The summed E-state index contributed by atoms with van der Waals surface area (Å²) in [5, 5.41) is 6.72. The van der Waals surface area contributed by atoms with Gasteiger partial charge in [0.2, 0.25) is 0 Å². The predicted molar refractivity (Wildman–Crippen MR) is 89.0 cm³/mol. The first-order chi connectivity index (χ1) is 9.69. The molecule has 1 fully saturated rings. The van der Waals surface area contributed by atoms with E-state index >= 15 is 0 Å². The van der Waals surface area contributed by atoms with Crippen LogP contribution in [0.2, 0.25) is 0 Å². The SMILES string of the molecule is CCNc1cc(C(=O)NCC2CSCCS2)cc(C)n1. The van der Waals surface area contributed by atoms with Crippen LogP contribution >= 0.6 is 23.5 Å². The fourth-order valence-corrected chi connectivity index (χ4v) is 4.65. The summed E-state index contributed by atoms with van der Waals surface area (Å²) < 4.78 is 0. The number of hydrogen-bond acceptors (Lipinski definition) is 5. The molecule has 1 unspecified atom stereocenters. The third-order valence-electron chi connectivity index (χ3n) is 2.95. The fourth-order valence-electron chi connectivity index (χ4n) is 2.03. The van der Waals surface area contributed by atoms with Crippen molar-refractivity contribution in [3.8, 4) is 0 Å². The van der Waals surface area contributed by atoms with Crippen LogP contribution in [0.3, 0.4) is 0 Å². The van der Waals surface area contributed by atoms with Crippen molar-refractivity contribution < 1.29 is 4.79 Å². The molecule has 0 bridgehead atoms. The van der Waals surface area contributed by atoms with E-state index in [1.165, 1.54) is 11.5 Å². The number of amides is 1. The van der Waals surface area contributed by atoms with Gasteiger partial charge in [-0.3, -0.25) is 4.79 Å². The van der Waals surface area contributed by atoms with Crippen molar-refractivity contribution in [1.82, 2.24) is 10.3 Å². The van der Waals surface area contributed by atoms with Crippen LogP contribution in [0.1, 0.15) is 23.0 Å². The molecule has 1 amide bonds. The van der Waals surface area contributed by atoms with Crippen LogP contribution < -0.4 is 10.6 Å². The zero-order valence-electron chi connectivity index (χ0n) is 11.9. The average Bonchev–Trinajstić information content (AvgIpc) is 2.45. The Bertz CT molecular complexity index is 462. The monoisotopic (exact) mass is 311 g/mol. The largest absolute Gasteiger partial charge is 0.370 e. The minimum atomic E-state index is -0.00849. The molecule has 0 aliphatic carbocycles. The standard InChI is InChI=1S/C14H21N3OS2/c1-3-15-13-7-11(6-10(2)17-13)14(18)16-8-12-9-19-4-5-20-12/h6-7,12H,3-5,8-9H2,1-2H3,(H,15,17)(H,16,18). The highest BCUT2D eigenvalue weighted by Gasteiger charge is 2.16. The van der Waals surface area contributed by atoms with E-state index in [-0.39, 0.29) is 5.91 Å². The van der Waals surface area contributed by atoms with Crippen molar-refractivity contribution >= 4 is 35.2 Å². The number of carbonyl (C=O) groups excluding carboxylic acids is 1. The van der Waals surface area contributed by atoms with Crippen molar-refractivity contribution in [3.63, 3.8) is 0 Å². The maximum absolute atomic E-state index is 12.2. The number of carbonyl (C=O) groups is 1. The summed E-state index contributed by atoms with van der Waals surface area (Å²) in [6.07, 6.45) is 0. The lowest BCUT2D eigenvalue weighted by Crippen LogP contribution is -2.33. The molecule has 4 nitrogen and oxygen atoms in total. The second-order valence-corrected chi connectivity index (χ2v) is 7.25. The van der Waals surface area contributed by atoms with Crippen LogP contribution in [0.4, 0.5) is 5.82 Å². The lowest BCUT2D eigenvalue weighted by Gasteiger charge is -2.21. The first kappa shape index (κ1) is 15.5. The van der Waals surface area contributed by atoms with Gasteiger partial charge in [0.05, 0.1) is 0 Å². The third-order valence-corrected chi connectivity index (χ3v) is 5.79. The van der Waals surface area contributed by atoms with Crippen LogP contribution in [0.5, 0.6) is 0 Å². The summed E-state index contributed by atoms with van der Waals surface area (Å²) in [6.45, 7) is 5.47. The molecular weight excluding hydrogens is 290 g/mol. The second kappa shape index (κ2) is 7.78. The van der Waals surface area contributed by atoms with Crippen LogP contribution in [-0.4, -0.2) is 46.5 Å². The number of anilines is 1. The van der Waals surface area contributed by atoms with E-state index in [0.29, 0.717) is 10.8 Å². The quantitative estimate of drug-likeness (QED) is 0.874. The van der Waals surface area contributed by atoms with Crippen molar-refractivity contribution in [2.75, 3.05) is 35.7 Å². The van der Waals surface area contributed by atoms with Crippen LogP contribution in [0.15, 0.2) is 12.1 Å². The first-order valence-corrected chi connectivity index (χ1v) is 9.09. The minimum Gasteiger partial charge on any atom is -0.370 e. The normalized spacial score (nSPS) is 18.6. The summed E-state index contributed by atoms with van der Waals surface area (Å²) in [6, 6.07) is 3.65. The predicted octanol–water partition coefficient (Wildman–Crippen LogP) is 2.40. The van der Waals surface area contributed by atoms with Gasteiger partial charge in [0.1, 0.15) is 5.82 Å². The van der Waals surface area contributed by atoms with Crippen LogP contribution in [0.25, 0.3) is 0 Å². The van der Waals surface area contributed by atoms with Gasteiger partial charge in [0, 0.05) is 46.9 Å². The minimum absolute atomic E-state index is 0.00849. The zero-order valence-corrected chi connectivity index (χ0v) is 13.6. The van der Waals surface area contributed by atoms with E-state index in [0.717, 1.165) is 30.4 Å². The zero-order chi connectivity index (χ0) is 14.4. The first-order valence-electron chi connectivity index (χ1n) is 6.89. The summed E-state index contributed by atoms with van der Waals surface area (Å²) in [5.74, 6) is 4.30. The summed E-state index contributed by atoms with van der Waals surface area (Å²) in [7, 11) is 0. The van der Waals surface area contributed by atoms with Gasteiger partial charge in [-0.15, -0.1) is 0 Å². The highest BCUT2D eigenvalue weighted by Crippen LogP contribution is 2.23. The number of nitrogens with one attached hydrogen (secondary N) is 2. The van der Waals surface area contributed by atoms with Crippen molar-refractivity contribution in [3.05, 3.63) is 23.4 Å². The van der Waals surface area contributed by atoms with Gasteiger partial charge in [0.25, 0.3) is 5.91 Å².